The molecule has 0 bridgehead atoms. The highest BCUT2D eigenvalue weighted by molar-refractivity contribution is 5.92. The molecule has 1 saturated carbocycles. The summed E-state index contributed by atoms with van der Waals surface area (Å²) in [6.45, 7) is 3.45. The Bertz CT molecular complexity index is 1430. The maximum Gasteiger partial charge on any atom is 0.341 e. The number of nitrogen functional groups attached to an aromatic ring is 1. The Hall–Kier alpha value is -3.95. The third kappa shape index (κ3) is 4.50. The van der Waals surface area contributed by atoms with Crippen LogP contribution < -0.4 is 21.4 Å². The van der Waals surface area contributed by atoms with E-state index in [-0.39, 0.29) is 40.6 Å². The average Bonchev–Trinajstić information content (AvgIpc) is 3.61. The maximum atomic E-state index is 15.2. The fourth-order valence-corrected chi connectivity index (χ4v) is 4.83. The van der Waals surface area contributed by atoms with Gasteiger partial charge in [-0.25, -0.2) is 14.2 Å². The Morgan fingerprint density at radius 2 is 2.06 bits per heavy atom. The van der Waals surface area contributed by atoms with Crippen LogP contribution in [0.3, 0.4) is 0 Å². The number of pyridine rings is 2. The van der Waals surface area contributed by atoms with Gasteiger partial charge < -0.3 is 25.6 Å². The molecule has 0 radical (unpaired) electrons. The van der Waals surface area contributed by atoms with Gasteiger partial charge in [-0.3, -0.25) is 9.59 Å². The fraction of sp³-hybridized carbons (Fsp3) is 0.385. The summed E-state index contributed by atoms with van der Waals surface area (Å²) in [5.74, 6) is -2.01. The Morgan fingerprint density at radius 1 is 1.31 bits per heavy atom. The second-order valence-electron chi connectivity index (χ2n) is 10.1. The number of rotatable bonds is 7. The van der Waals surface area contributed by atoms with E-state index in [0.29, 0.717) is 37.4 Å². The number of fused-ring (bicyclic) bond motifs is 1. The topological polar surface area (TPSA) is 131 Å². The summed E-state index contributed by atoms with van der Waals surface area (Å²) in [5, 5.41) is 12.4. The molecule has 1 aliphatic heterocycles. The predicted octanol–water partition coefficient (Wildman–Crippen LogP) is 2.73. The molecule has 0 spiro atoms. The smallest absolute Gasteiger partial charge is 0.341 e. The number of carbonyl (C=O) groups is 2. The van der Waals surface area contributed by atoms with Crippen LogP contribution in [0.4, 0.5) is 15.9 Å². The lowest BCUT2D eigenvalue weighted by Crippen LogP contribution is -2.38. The van der Waals surface area contributed by atoms with Crippen LogP contribution in [-0.2, 0) is 11.2 Å². The Balaban J connectivity index is 1.35. The third-order valence-electron chi connectivity index (χ3n) is 7.09. The molecule has 3 aromatic rings. The number of hydrogen-bond acceptors (Lipinski definition) is 6. The SMILES string of the molecule is CC1(CNC(=O)Cc2ccccc2N)CCN(c2nc3c(cc2F)c(=O)c(C(=O)O)cn3C2CC2)C1. The Morgan fingerprint density at radius 3 is 2.75 bits per heavy atom. The maximum absolute atomic E-state index is 15.2. The average molecular weight is 494 g/mol. The van der Waals surface area contributed by atoms with E-state index < -0.39 is 17.2 Å². The van der Waals surface area contributed by atoms with Crippen molar-refractivity contribution < 1.29 is 19.1 Å². The van der Waals surface area contributed by atoms with Crippen molar-refractivity contribution in [2.75, 3.05) is 30.3 Å². The molecule has 2 fully saturated rings. The van der Waals surface area contributed by atoms with E-state index >= 15 is 4.39 Å². The normalized spacial score (nSPS) is 19.6. The number of hydrogen-bond donors (Lipinski definition) is 3. The molecule has 5 rings (SSSR count). The molecule has 1 atom stereocenters. The van der Waals surface area contributed by atoms with Gasteiger partial charge in [-0.05, 0) is 37.0 Å². The van der Waals surface area contributed by atoms with Crippen LogP contribution in [0.1, 0.15) is 48.1 Å². The van der Waals surface area contributed by atoms with Gasteiger partial charge in [0.2, 0.25) is 11.3 Å². The first-order valence-corrected chi connectivity index (χ1v) is 12.0. The number of anilines is 2. The van der Waals surface area contributed by atoms with Crippen LogP contribution in [-0.4, -0.2) is 46.2 Å². The molecule has 10 heteroatoms. The number of carboxylic acid groups (broad SMARTS) is 1. The Labute approximate surface area is 206 Å². The van der Waals surface area contributed by atoms with Crippen molar-refractivity contribution in [3.63, 3.8) is 0 Å². The lowest BCUT2D eigenvalue weighted by molar-refractivity contribution is -0.120. The monoisotopic (exact) mass is 493 g/mol. The molecule has 1 aliphatic carbocycles. The first-order chi connectivity index (χ1) is 17.1. The molecule has 1 unspecified atom stereocenters. The molecule has 2 aromatic heterocycles. The first-order valence-electron chi connectivity index (χ1n) is 12.0. The summed E-state index contributed by atoms with van der Waals surface area (Å²) in [4.78, 5) is 43.1. The van der Waals surface area contributed by atoms with Crippen molar-refractivity contribution in [2.24, 2.45) is 5.41 Å². The van der Waals surface area contributed by atoms with E-state index in [1.807, 2.05) is 30.0 Å². The second kappa shape index (κ2) is 8.92. The summed E-state index contributed by atoms with van der Waals surface area (Å²) in [7, 11) is 0. The number of nitrogens with zero attached hydrogens (tertiary/aromatic N) is 3. The van der Waals surface area contributed by atoms with Crippen LogP contribution in [0.25, 0.3) is 11.0 Å². The van der Waals surface area contributed by atoms with E-state index in [2.05, 4.69) is 10.3 Å². The summed E-state index contributed by atoms with van der Waals surface area (Å²) in [6.07, 6.45) is 3.92. The Kier molecular flexibility index (Phi) is 5.89. The van der Waals surface area contributed by atoms with Crippen molar-refractivity contribution in [3.8, 4) is 0 Å². The molecule has 1 saturated heterocycles. The van der Waals surface area contributed by atoms with E-state index in [0.717, 1.165) is 24.5 Å². The van der Waals surface area contributed by atoms with Crippen LogP contribution in [0, 0.1) is 11.2 Å². The minimum Gasteiger partial charge on any atom is -0.477 e. The van der Waals surface area contributed by atoms with Crippen LogP contribution in [0.15, 0.2) is 41.3 Å². The number of amides is 1. The molecular formula is C26H28FN5O4. The number of para-hydroxylation sites is 1. The van der Waals surface area contributed by atoms with Crippen molar-refractivity contribution in [1.82, 2.24) is 14.9 Å². The molecule has 2 aliphatic rings. The van der Waals surface area contributed by atoms with Gasteiger partial charge in [0, 0.05) is 43.0 Å². The van der Waals surface area contributed by atoms with E-state index in [9.17, 15) is 19.5 Å². The van der Waals surface area contributed by atoms with E-state index in [1.54, 1.807) is 10.6 Å². The van der Waals surface area contributed by atoms with Gasteiger partial charge in [-0.1, -0.05) is 25.1 Å². The predicted molar refractivity (Wildman–Crippen MR) is 134 cm³/mol. The summed E-state index contributed by atoms with van der Waals surface area (Å²) in [6, 6.07) is 8.39. The van der Waals surface area contributed by atoms with E-state index in [1.165, 1.54) is 6.20 Å². The van der Waals surface area contributed by atoms with Gasteiger partial charge >= 0.3 is 5.97 Å². The number of aromatic nitrogens is 2. The lowest BCUT2D eigenvalue weighted by atomic mass is 9.90. The van der Waals surface area contributed by atoms with E-state index in [4.69, 9.17) is 5.73 Å². The van der Waals surface area contributed by atoms with Gasteiger partial charge in [0.15, 0.2) is 11.6 Å². The first kappa shape index (κ1) is 23.8. The third-order valence-corrected chi connectivity index (χ3v) is 7.09. The van der Waals surface area contributed by atoms with Gasteiger partial charge in [-0.15, -0.1) is 0 Å². The minimum absolute atomic E-state index is 0.0301. The number of carbonyl (C=O) groups excluding carboxylic acids is 1. The molecule has 36 heavy (non-hydrogen) atoms. The number of nitrogens with one attached hydrogen (secondary N) is 1. The highest BCUT2D eigenvalue weighted by Gasteiger charge is 2.36. The van der Waals surface area contributed by atoms with Gasteiger partial charge in [0.1, 0.15) is 11.2 Å². The van der Waals surface area contributed by atoms with Gasteiger partial charge in [0.25, 0.3) is 0 Å². The zero-order valence-electron chi connectivity index (χ0n) is 20.0. The highest BCUT2D eigenvalue weighted by Crippen LogP contribution is 2.38. The molecule has 1 aromatic carbocycles. The summed E-state index contributed by atoms with van der Waals surface area (Å²) < 4.78 is 16.9. The molecular weight excluding hydrogens is 465 g/mol. The standard InChI is InChI=1S/C26H28FN5O4/c1-26(13-29-21(33)10-15-4-2-3-5-20(15)28)8-9-31(14-26)24-19(27)11-17-22(34)18(25(35)36)12-32(16-6-7-16)23(17)30-24/h2-5,11-12,16H,6-10,13-14,28H2,1H3,(H,29,33)(H,35,36). The van der Waals surface area contributed by atoms with Crippen molar-refractivity contribution in [3.05, 3.63) is 63.7 Å². The van der Waals surface area contributed by atoms with Crippen molar-refractivity contribution >= 4 is 34.4 Å². The molecule has 9 nitrogen and oxygen atoms in total. The largest absolute Gasteiger partial charge is 0.477 e. The lowest BCUT2D eigenvalue weighted by Gasteiger charge is -2.26. The summed E-state index contributed by atoms with van der Waals surface area (Å²) in [5.41, 5.74) is 6.15. The zero-order valence-corrected chi connectivity index (χ0v) is 20.0. The van der Waals surface area contributed by atoms with Gasteiger partial charge in [0.05, 0.1) is 11.8 Å². The fourth-order valence-electron chi connectivity index (χ4n) is 4.83. The van der Waals surface area contributed by atoms with Crippen LogP contribution >= 0.6 is 0 Å². The number of benzene rings is 1. The number of carboxylic acids is 1. The highest BCUT2D eigenvalue weighted by atomic mass is 19.1. The van der Waals surface area contributed by atoms with Crippen LogP contribution in [0.2, 0.25) is 0 Å². The second-order valence-corrected chi connectivity index (χ2v) is 10.1. The number of halogens is 1. The molecule has 4 N–H and O–H groups in total. The molecule has 3 heterocycles. The van der Waals surface area contributed by atoms with Crippen molar-refractivity contribution in [2.45, 2.75) is 38.6 Å². The van der Waals surface area contributed by atoms with Crippen LogP contribution in [0.5, 0.6) is 0 Å². The number of nitrogens with two attached hydrogens (primary N) is 1. The molecule has 188 valence electrons. The quantitative estimate of drug-likeness (QED) is 0.432. The molecule has 1 amide bonds. The summed E-state index contributed by atoms with van der Waals surface area (Å²) >= 11 is 0. The van der Waals surface area contributed by atoms with Gasteiger partial charge in [-0.2, -0.15) is 0 Å². The number of aromatic carboxylic acids is 1. The van der Waals surface area contributed by atoms with Crippen molar-refractivity contribution in [1.29, 1.82) is 0 Å². The minimum atomic E-state index is -1.34. The zero-order chi connectivity index (χ0) is 25.6.